The fourth-order valence-corrected chi connectivity index (χ4v) is 4.08. The molecule has 3 heteroatoms. The molecule has 1 aliphatic carbocycles. The maximum Gasteiger partial charge on any atom is 0.120 e. The Bertz CT molecular complexity index is 373. The molecule has 0 aromatic carbocycles. The van der Waals surface area contributed by atoms with E-state index >= 15 is 0 Å². The minimum atomic E-state index is 0.379. The van der Waals surface area contributed by atoms with Crippen molar-refractivity contribution in [3.63, 3.8) is 0 Å². The topological polar surface area (TPSA) is 28.4 Å². The number of furan rings is 1. The molecule has 1 atom stereocenters. The van der Waals surface area contributed by atoms with Crippen LogP contribution in [0.5, 0.6) is 0 Å². The Hall–Kier alpha value is -0.800. The van der Waals surface area contributed by atoms with Gasteiger partial charge in [0, 0.05) is 25.2 Å². The van der Waals surface area contributed by atoms with E-state index in [-0.39, 0.29) is 0 Å². The Balaban J connectivity index is 1.86. The summed E-state index contributed by atoms with van der Waals surface area (Å²) in [5.41, 5.74) is 0.379. The first-order valence-corrected chi connectivity index (χ1v) is 7.86. The van der Waals surface area contributed by atoms with E-state index in [2.05, 4.69) is 23.2 Å². The van der Waals surface area contributed by atoms with Crippen LogP contribution in [0.15, 0.2) is 22.8 Å². The molecule has 0 amide bonds. The monoisotopic (exact) mass is 262 g/mol. The summed E-state index contributed by atoms with van der Waals surface area (Å²) < 4.78 is 5.71. The zero-order valence-electron chi connectivity index (χ0n) is 12.0. The Labute approximate surface area is 116 Å². The van der Waals surface area contributed by atoms with Crippen LogP contribution >= 0.6 is 0 Å². The van der Waals surface area contributed by atoms with Crippen LogP contribution in [0.1, 0.15) is 57.3 Å². The van der Waals surface area contributed by atoms with Gasteiger partial charge < -0.3 is 9.73 Å². The summed E-state index contributed by atoms with van der Waals surface area (Å²) in [6.45, 7) is 5.70. The Morgan fingerprint density at radius 3 is 2.89 bits per heavy atom. The van der Waals surface area contributed by atoms with E-state index in [1.807, 2.05) is 12.3 Å². The van der Waals surface area contributed by atoms with E-state index in [0.29, 0.717) is 11.6 Å². The smallest absolute Gasteiger partial charge is 0.120 e. The van der Waals surface area contributed by atoms with E-state index in [1.165, 1.54) is 32.1 Å². The van der Waals surface area contributed by atoms with Gasteiger partial charge in [-0.3, -0.25) is 4.90 Å². The molecule has 1 N–H and O–H groups in total. The van der Waals surface area contributed by atoms with Crippen molar-refractivity contribution >= 4 is 0 Å². The van der Waals surface area contributed by atoms with Gasteiger partial charge in [-0.1, -0.05) is 26.2 Å². The SMILES string of the molecule is CCC(c1ccco1)N1CCNCC12CCCCC2. The molecule has 0 radical (unpaired) electrons. The van der Waals surface area contributed by atoms with Crippen LogP contribution in [0.25, 0.3) is 0 Å². The molecule has 3 rings (SSSR count). The molecule has 1 aliphatic heterocycles. The van der Waals surface area contributed by atoms with Gasteiger partial charge in [0.15, 0.2) is 0 Å². The second-order valence-electron chi connectivity index (χ2n) is 6.09. The highest BCUT2D eigenvalue weighted by atomic mass is 16.3. The third kappa shape index (κ3) is 2.46. The molecule has 1 aromatic rings. The average Bonchev–Trinajstić information content (AvgIpc) is 2.97. The summed E-state index contributed by atoms with van der Waals surface area (Å²) in [5, 5.41) is 3.63. The van der Waals surface area contributed by atoms with Crippen molar-refractivity contribution in [1.29, 1.82) is 0 Å². The minimum absolute atomic E-state index is 0.379. The maximum atomic E-state index is 5.71. The molecule has 1 saturated carbocycles. The van der Waals surface area contributed by atoms with Crippen molar-refractivity contribution in [3.05, 3.63) is 24.2 Å². The number of nitrogens with one attached hydrogen (secondary N) is 1. The molecule has 2 aliphatic rings. The van der Waals surface area contributed by atoms with Gasteiger partial charge in [0.25, 0.3) is 0 Å². The van der Waals surface area contributed by atoms with Crippen molar-refractivity contribution in [2.24, 2.45) is 0 Å². The molecular weight excluding hydrogens is 236 g/mol. The number of hydrogen-bond donors (Lipinski definition) is 1. The van der Waals surface area contributed by atoms with Gasteiger partial charge in [-0.2, -0.15) is 0 Å². The van der Waals surface area contributed by atoms with E-state index in [4.69, 9.17) is 4.42 Å². The molecule has 1 aromatic heterocycles. The number of rotatable bonds is 3. The summed E-state index contributed by atoms with van der Waals surface area (Å²) in [5.74, 6) is 1.15. The highest BCUT2D eigenvalue weighted by Crippen LogP contribution is 2.40. The lowest BCUT2D eigenvalue weighted by molar-refractivity contribution is -0.0162. The summed E-state index contributed by atoms with van der Waals surface area (Å²) in [6, 6.07) is 4.62. The van der Waals surface area contributed by atoms with Crippen LogP contribution in [-0.2, 0) is 0 Å². The van der Waals surface area contributed by atoms with Gasteiger partial charge in [-0.25, -0.2) is 0 Å². The number of nitrogens with zero attached hydrogens (tertiary/aromatic N) is 1. The molecule has 2 heterocycles. The lowest BCUT2D eigenvalue weighted by Gasteiger charge is -2.52. The second-order valence-corrected chi connectivity index (χ2v) is 6.09. The standard InChI is InChI=1S/C16H26N2O/c1-2-14(15-7-6-12-19-15)18-11-10-17-13-16(18)8-4-3-5-9-16/h6-7,12,14,17H,2-5,8-11,13H2,1H3. The quantitative estimate of drug-likeness (QED) is 0.905. The third-order valence-electron chi connectivity index (χ3n) is 5.01. The fraction of sp³-hybridized carbons (Fsp3) is 0.750. The molecule has 3 nitrogen and oxygen atoms in total. The Kier molecular flexibility index (Phi) is 3.94. The van der Waals surface area contributed by atoms with Crippen molar-refractivity contribution < 1.29 is 4.42 Å². The van der Waals surface area contributed by atoms with Gasteiger partial charge in [0.05, 0.1) is 12.3 Å². The van der Waals surface area contributed by atoms with Crippen molar-refractivity contribution in [3.8, 4) is 0 Å². The van der Waals surface area contributed by atoms with Crippen LogP contribution in [0.2, 0.25) is 0 Å². The zero-order chi connectivity index (χ0) is 13.1. The highest BCUT2D eigenvalue weighted by Gasteiger charge is 2.43. The predicted molar refractivity (Wildman–Crippen MR) is 77.1 cm³/mol. The minimum Gasteiger partial charge on any atom is -0.468 e. The summed E-state index contributed by atoms with van der Waals surface area (Å²) >= 11 is 0. The first-order chi connectivity index (χ1) is 9.36. The molecular formula is C16H26N2O. The van der Waals surface area contributed by atoms with Crippen LogP contribution in [-0.4, -0.2) is 30.1 Å². The van der Waals surface area contributed by atoms with Crippen LogP contribution in [0.4, 0.5) is 0 Å². The van der Waals surface area contributed by atoms with E-state index in [0.717, 1.165) is 31.8 Å². The summed E-state index contributed by atoms with van der Waals surface area (Å²) in [4.78, 5) is 2.75. The fourth-order valence-electron chi connectivity index (χ4n) is 4.08. The van der Waals surface area contributed by atoms with Crippen molar-refractivity contribution in [2.75, 3.05) is 19.6 Å². The summed E-state index contributed by atoms with van der Waals surface area (Å²) in [7, 11) is 0. The number of hydrogen-bond acceptors (Lipinski definition) is 3. The van der Waals surface area contributed by atoms with Gasteiger partial charge in [0.1, 0.15) is 5.76 Å². The first-order valence-electron chi connectivity index (χ1n) is 7.86. The zero-order valence-corrected chi connectivity index (χ0v) is 12.0. The van der Waals surface area contributed by atoms with Gasteiger partial charge in [0.2, 0.25) is 0 Å². The van der Waals surface area contributed by atoms with Crippen LogP contribution < -0.4 is 5.32 Å². The summed E-state index contributed by atoms with van der Waals surface area (Å²) in [6.07, 6.45) is 9.81. The van der Waals surface area contributed by atoms with Gasteiger partial charge in [-0.15, -0.1) is 0 Å². The molecule has 1 spiro atoms. The van der Waals surface area contributed by atoms with E-state index in [1.54, 1.807) is 0 Å². The second kappa shape index (κ2) is 5.68. The normalized spacial score (nSPS) is 25.5. The van der Waals surface area contributed by atoms with Crippen LogP contribution in [0, 0.1) is 0 Å². The first kappa shape index (κ1) is 13.2. The molecule has 106 valence electrons. The third-order valence-corrected chi connectivity index (χ3v) is 5.01. The molecule has 2 fully saturated rings. The largest absolute Gasteiger partial charge is 0.468 e. The molecule has 1 unspecified atom stereocenters. The van der Waals surface area contributed by atoms with Crippen LogP contribution in [0.3, 0.4) is 0 Å². The van der Waals surface area contributed by atoms with Crippen molar-refractivity contribution in [1.82, 2.24) is 10.2 Å². The van der Waals surface area contributed by atoms with Gasteiger partial charge in [-0.05, 0) is 31.4 Å². The predicted octanol–water partition coefficient (Wildman–Crippen LogP) is 3.34. The lowest BCUT2D eigenvalue weighted by Crippen LogP contribution is -2.62. The van der Waals surface area contributed by atoms with E-state index in [9.17, 15) is 0 Å². The van der Waals surface area contributed by atoms with Crippen molar-refractivity contribution in [2.45, 2.75) is 57.0 Å². The van der Waals surface area contributed by atoms with Gasteiger partial charge >= 0.3 is 0 Å². The Morgan fingerprint density at radius 1 is 1.37 bits per heavy atom. The molecule has 1 saturated heterocycles. The molecule has 0 bridgehead atoms. The molecule has 19 heavy (non-hydrogen) atoms. The maximum absolute atomic E-state index is 5.71. The van der Waals surface area contributed by atoms with E-state index < -0.39 is 0 Å². The highest BCUT2D eigenvalue weighted by molar-refractivity contribution is 5.09. The average molecular weight is 262 g/mol. The number of piperazine rings is 1. The lowest BCUT2D eigenvalue weighted by atomic mass is 9.78. The Morgan fingerprint density at radius 2 is 2.21 bits per heavy atom.